The summed E-state index contributed by atoms with van der Waals surface area (Å²) in [6.45, 7) is 6.97. The highest BCUT2D eigenvalue weighted by Crippen LogP contribution is 2.25. The SMILES string of the molecule is C=C(C)C(=O)NCc1cccc2c1CCCN2. The van der Waals surface area contributed by atoms with Crippen molar-refractivity contribution in [1.29, 1.82) is 0 Å². The summed E-state index contributed by atoms with van der Waals surface area (Å²) in [4.78, 5) is 11.5. The van der Waals surface area contributed by atoms with Crippen LogP contribution in [0.15, 0.2) is 30.4 Å². The minimum atomic E-state index is -0.0774. The van der Waals surface area contributed by atoms with Crippen molar-refractivity contribution in [3.8, 4) is 0 Å². The Balaban J connectivity index is 2.11. The molecule has 1 aromatic carbocycles. The number of carbonyl (C=O) groups is 1. The van der Waals surface area contributed by atoms with E-state index in [9.17, 15) is 4.79 Å². The van der Waals surface area contributed by atoms with E-state index in [0.29, 0.717) is 12.1 Å². The van der Waals surface area contributed by atoms with E-state index < -0.39 is 0 Å². The molecule has 90 valence electrons. The van der Waals surface area contributed by atoms with Crippen molar-refractivity contribution >= 4 is 11.6 Å². The Morgan fingerprint density at radius 1 is 1.53 bits per heavy atom. The number of amides is 1. The van der Waals surface area contributed by atoms with Gasteiger partial charge in [0, 0.05) is 24.4 Å². The van der Waals surface area contributed by atoms with Gasteiger partial charge >= 0.3 is 0 Å². The molecule has 0 spiro atoms. The lowest BCUT2D eigenvalue weighted by molar-refractivity contribution is -0.117. The minimum Gasteiger partial charge on any atom is -0.385 e. The lowest BCUT2D eigenvalue weighted by atomic mass is 9.97. The Bertz CT molecular complexity index is 452. The molecule has 0 radical (unpaired) electrons. The largest absolute Gasteiger partial charge is 0.385 e. The highest BCUT2D eigenvalue weighted by Gasteiger charge is 2.12. The van der Waals surface area contributed by atoms with Crippen molar-refractivity contribution in [2.75, 3.05) is 11.9 Å². The van der Waals surface area contributed by atoms with Gasteiger partial charge in [-0.05, 0) is 37.0 Å². The maximum absolute atomic E-state index is 11.5. The molecule has 1 aromatic rings. The van der Waals surface area contributed by atoms with Gasteiger partial charge in [-0.1, -0.05) is 18.7 Å². The van der Waals surface area contributed by atoms with Crippen LogP contribution < -0.4 is 10.6 Å². The molecule has 0 unspecified atom stereocenters. The third kappa shape index (κ3) is 2.67. The van der Waals surface area contributed by atoms with Crippen LogP contribution in [0.4, 0.5) is 5.69 Å². The van der Waals surface area contributed by atoms with Crippen LogP contribution in [0.3, 0.4) is 0 Å². The van der Waals surface area contributed by atoms with E-state index >= 15 is 0 Å². The van der Waals surface area contributed by atoms with Gasteiger partial charge in [0.05, 0.1) is 0 Å². The molecule has 0 atom stereocenters. The van der Waals surface area contributed by atoms with Gasteiger partial charge in [0.25, 0.3) is 0 Å². The summed E-state index contributed by atoms with van der Waals surface area (Å²) in [6.07, 6.45) is 2.24. The van der Waals surface area contributed by atoms with E-state index in [-0.39, 0.29) is 5.91 Å². The van der Waals surface area contributed by atoms with Crippen LogP contribution in [0.2, 0.25) is 0 Å². The number of benzene rings is 1. The number of carbonyl (C=O) groups excluding carboxylic acids is 1. The van der Waals surface area contributed by atoms with Crippen LogP contribution in [0.1, 0.15) is 24.5 Å². The van der Waals surface area contributed by atoms with E-state index in [0.717, 1.165) is 19.4 Å². The van der Waals surface area contributed by atoms with Crippen molar-refractivity contribution in [3.05, 3.63) is 41.5 Å². The molecule has 3 nitrogen and oxygen atoms in total. The van der Waals surface area contributed by atoms with Crippen LogP contribution in [0.25, 0.3) is 0 Å². The van der Waals surface area contributed by atoms with Crippen LogP contribution in [-0.4, -0.2) is 12.5 Å². The van der Waals surface area contributed by atoms with Gasteiger partial charge in [-0.25, -0.2) is 0 Å². The third-order valence-corrected chi connectivity index (χ3v) is 3.02. The normalized spacial score (nSPS) is 13.5. The zero-order chi connectivity index (χ0) is 12.3. The highest BCUT2D eigenvalue weighted by atomic mass is 16.1. The average molecular weight is 230 g/mol. The number of anilines is 1. The maximum atomic E-state index is 11.5. The first kappa shape index (κ1) is 11.7. The van der Waals surface area contributed by atoms with Crippen molar-refractivity contribution in [2.45, 2.75) is 26.3 Å². The van der Waals surface area contributed by atoms with Crippen molar-refractivity contribution < 1.29 is 4.79 Å². The average Bonchev–Trinajstić information content (AvgIpc) is 2.35. The summed E-state index contributed by atoms with van der Waals surface area (Å²) < 4.78 is 0. The zero-order valence-electron chi connectivity index (χ0n) is 10.2. The predicted molar refractivity (Wildman–Crippen MR) is 69.9 cm³/mol. The summed E-state index contributed by atoms with van der Waals surface area (Å²) in [6, 6.07) is 6.20. The summed E-state index contributed by atoms with van der Waals surface area (Å²) >= 11 is 0. The van der Waals surface area contributed by atoms with E-state index in [4.69, 9.17) is 0 Å². The lowest BCUT2D eigenvalue weighted by Crippen LogP contribution is -2.24. The van der Waals surface area contributed by atoms with E-state index in [1.165, 1.54) is 16.8 Å². The second kappa shape index (κ2) is 5.04. The Labute approximate surface area is 102 Å². The van der Waals surface area contributed by atoms with Crippen molar-refractivity contribution in [1.82, 2.24) is 5.32 Å². The first-order valence-corrected chi connectivity index (χ1v) is 5.97. The third-order valence-electron chi connectivity index (χ3n) is 3.02. The number of fused-ring (bicyclic) bond motifs is 1. The lowest BCUT2D eigenvalue weighted by Gasteiger charge is -2.21. The van der Waals surface area contributed by atoms with Gasteiger partial charge in [-0.2, -0.15) is 0 Å². The number of hydrogen-bond donors (Lipinski definition) is 2. The second-order valence-electron chi connectivity index (χ2n) is 4.44. The molecule has 2 N–H and O–H groups in total. The second-order valence-corrected chi connectivity index (χ2v) is 4.44. The first-order chi connectivity index (χ1) is 8.18. The van der Waals surface area contributed by atoms with Gasteiger partial charge in [0.2, 0.25) is 5.91 Å². The number of nitrogens with one attached hydrogen (secondary N) is 2. The summed E-state index contributed by atoms with van der Waals surface area (Å²) in [5.41, 5.74) is 4.29. The predicted octanol–water partition coefficient (Wildman–Crippen LogP) is 2.24. The molecule has 0 bridgehead atoms. The zero-order valence-corrected chi connectivity index (χ0v) is 10.2. The van der Waals surface area contributed by atoms with E-state index in [1.54, 1.807) is 6.92 Å². The first-order valence-electron chi connectivity index (χ1n) is 5.97. The Morgan fingerprint density at radius 3 is 3.12 bits per heavy atom. The van der Waals surface area contributed by atoms with Crippen LogP contribution in [-0.2, 0) is 17.8 Å². The molecule has 1 aliphatic heterocycles. The molecule has 1 amide bonds. The Kier molecular flexibility index (Phi) is 3.47. The maximum Gasteiger partial charge on any atom is 0.246 e. The molecular weight excluding hydrogens is 212 g/mol. The molecule has 0 aliphatic carbocycles. The minimum absolute atomic E-state index is 0.0774. The molecule has 1 heterocycles. The van der Waals surface area contributed by atoms with Gasteiger partial charge in [-0.3, -0.25) is 4.79 Å². The molecule has 0 fully saturated rings. The Morgan fingerprint density at radius 2 is 2.35 bits per heavy atom. The molecule has 2 rings (SSSR count). The van der Waals surface area contributed by atoms with Crippen molar-refractivity contribution in [3.63, 3.8) is 0 Å². The molecule has 0 saturated heterocycles. The number of hydrogen-bond acceptors (Lipinski definition) is 2. The monoisotopic (exact) mass is 230 g/mol. The fourth-order valence-corrected chi connectivity index (χ4v) is 2.08. The van der Waals surface area contributed by atoms with Crippen molar-refractivity contribution in [2.24, 2.45) is 0 Å². The molecular formula is C14H18N2O. The standard InChI is InChI=1S/C14H18N2O/c1-10(2)14(17)16-9-11-5-3-7-13-12(11)6-4-8-15-13/h3,5,7,15H,1,4,6,8-9H2,2H3,(H,16,17). The van der Waals surface area contributed by atoms with E-state index in [2.05, 4.69) is 29.3 Å². The quantitative estimate of drug-likeness (QED) is 0.782. The fourth-order valence-electron chi connectivity index (χ4n) is 2.08. The van der Waals surface area contributed by atoms with Gasteiger partial charge in [0.1, 0.15) is 0 Å². The van der Waals surface area contributed by atoms with E-state index in [1.807, 2.05) is 6.07 Å². The molecule has 0 aromatic heterocycles. The molecule has 3 heteroatoms. The van der Waals surface area contributed by atoms with Gasteiger partial charge in [0.15, 0.2) is 0 Å². The topological polar surface area (TPSA) is 41.1 Å². The van der Waals surface area contributed by atoms with Gasteiger partial charge in [-0.15, -0.1) is 0 Å². The smallest absolute Gasteiger partial charge is 0.246 e. The molecule has 1 aliphatic rings. The highest BCUT2D eigenvalue weighted by molar-refractivity contribution is 5.92. The van der Waals surface area contributed by atoms with Crippen LogP contribution in [0, 0.1) is 0 Å². The fraction of sp³-hybridized carbons (Fsp3) is 0.357. The molecule has 17 heavy (non-hydrogen) atoms. The van der Waals surface area contributed by atoms with Crippen LogP contribution >= 0.6 is 0 Å². The Hall–Kier alpha value is -1.77. The molecule has 0 saturated carbocycles. The number of rotatable bonds is 3. The summed E-state index contributed by atoms with van der Waals surface area (Å²) in [5.74, 6) is -0.0774. The van der Waals surface area contributed by atoms with Gasteiger partial charge < -0.3 is 10.6 Å². The van der Waals surface area contributed by atoms with Crippen LogP contribution in [0.5, 0.6) is 0 Å². The summed E-state index contributed by atoms with van der Waals surface area (Å²) in [5, 5.41) is 6.27. The summed E-state index contributed by atoms with van der Waals surface area (Å²) in [7, 11) is 0.